The standard InChI is InChI=1S/C47H52N3O2/c1-46(2)39-21-13-15-23-41(39)48(31-33-51-5)43(46)29-27-35-25-26-36(45(35)50(37-17-9-7-10-18-37)38-19-11-8-12-20-38)28-30-44-47(3,4)40-22-14-16-24-42(40)49(44)32-34-52-6/h7-24,27-30H,25-26,31-34H2,1-6H3/q+1. The van der Waals surface area contributed by atoms with Gasteiger partial charge >= 0.3 is 0 Å². The molecular formula is C47H52N3O2+. The molecule has 5 heteroatoms. The Morgan fingerprint density at radius 3 is 1.33 bits per heavy atom. The molecule has 0 aromatic heterocycles. The molecule has 4 aromatic rings. The Hall–Kier alpha value is -4.97. The number of allylic oxidation sites excluding steroid dienone is 8. The number of rotatable bonds is 10. The molecule has 0 radical (unpaired) electrons. The number of methoxy groups -OCH3 is 2. The second-order valence-electron chi connectivity index (χ2n) is 14.9. The van der Waals surface area contributed by atoms with Crippen LogP contribution in [0.2, 0.25) is 0 Å². The number of anilines is 2. The third kappa shape index (κ3) is 6.48. The van der Waals surface area contributed by atoms with Crippen molar-refractivity contribution in [2.45, 2.75) is 51.4 Å². The number of hydrogen-bond acceptors (Lipinski definition) is 4. The van der Waals surface area contributed by atoms with E-state index in [1.54, 1.807) is 14.2 Å². The van der Waals surface area contributed by atoms with Gasteiger partial charge in [0, 0.05) is 96.3 Å². The molecule has 0 bridgehead atoms. The van der Waals surface area contributed by atoms with Gasteiger partial charge in [0.15, 0.2) is 0 Å². The molecule has 0 spiro atoms. The molecule has 1 aliphatic carbocycles. The maximum Gasteiger partial charge on any atom is 0.218 e. The summed E-state index contributed by atoms with van der Waals surface area (Å²) in [5, 5.41) is 0. The molecule has 5 nitrogen and oxygen atoms in total. The lowest BCUT2D eigenvalue weighted by molar-refractivity contribution is 0.206. The van der Waals surface area contributed by atoms with Gasteiger partial charge in [0.05, 0.1) is 13.2 Å². The number of ether oxygens (including phenoxy) is 2. The third-order valence-corrected chi connectivity index (χ3v) is 11.0. The van der Waals surface area contributed by atoms with Crippen molar-refractivity contribution in [1.29, 1.82) is 0 Å². The molecular weight excluding hydrogens is 639 g/mol. The van der Waals surface area contributed by atoms with E-state index in [2.05, 4.69) is 176 Å². The quantitative estimate of drug-likeness (QED) is 0.155. The molecule has 52 heavy (non-hydrogen) atoms. The van der Waals surface area contributed by atoms with Gasteiger partial charge in [-0.1, -0.05) is 113 Å². The van der Waals surface area contributed by atoms with Crippen LogP contribution < -0.4 is 14.4 Å². The van der Waals surface area contributed by atoms with Crippen molar-refractivity contribution >= 4 is 28.5 Å². The average Bonchev–Trinajstić information content (AvgIpc) is 3.73. The second-order valence-corrected chi connectivity index (χ2v) is 14.9. The number of nitrogens with zero attached hydrogens (tertiary/aromatic N) is 3. The van der Waals surface area contributed by atoms with Crippen molar-refractivity contribution in [1.82, 2.24) is 4.58 Å². The van der Waals surface area contributed by atoms with Gasteiger partial charge in [-0.3, -0.25) is 0 Å². The van der Waals surface area contributed by atoms with Crippen LogP contribution in [0.3, 0.4) is 0 Å². The van der Waals surface area contributed by atoms with Crippen LogP contribution in [0.4, 0.5) is 22.7 Å². The first-order chi connectivity index (χ1) is 25.3. The maximum atomic E-state index is 5.59. The van der Waals surface area contributed by atoms with Gasteiger partial charge in [0.2, 0.25) is 17.1 Å². The highest BCUT2D eigenvalue weighted by Gasteiger charge is 2.41. The third-order valence-electron chi connectivity index (χ3n) is 11.0. The summed E-state index contributed by atoms with van der Waals surface area (Å²) in [6.07, 6.45) is 11.4. The molecule has 0 atom stereocenters. The van der Waals surface area contributed by atoms with Gasteiger partial charge in [0.1, 0.15) is 0 Å². The monoisotopic (exact) mass is 690 g/mol. The summed E-state index contributed by atoms with van der Waals surface area (Å²) < 4.78 is 13.6. The van der Waals surface area contributed by atoms with E-state index in [1.807, 2.05) is 0 Å². The fraction of sp³-hybridized carbons (Fsp3) is 0.298. The van der Waals surface area contributed by atoms with E-state index < -0.39 is 0 Å². The molecule has 0 N–H and O–H groups in total. The minimum absolute atomic E-state index is 0.142. The smallest absolute Gasteiger partial charge is 0.218 e. The minimum atomic E-state index is -0.142. The second kappa shape index (κ2) is 14.9. The molecule has 7 rings (SSSR count). The first-order valence-electron chi connectivity index (χ1n) is 18.6. The molecule has 4 aromatic carbocycles. The van der Waals surface area contributed by atoms with Crippen LogP contribution in [0.25, 0.3) is 0 Å². The Labute approximate surface area is 310 Å². The fourth-order valence-electron chi connectivity index (χ4n) is 8.37. The summed E-state index contributed by atoms with van der Waals surface area (Å²) in [7, 11) is 3.57. The van der Waals surface area contributed by atoms with E-state index in [0.29, 0.717) is 13.2 Å². The maximum absolute atomic E-state index is 5.59. The van der Waals surface area contributed by atoms with E-state index in [0.717, 1.165) is 37.3 Å². The van der Waals surface area contributed by atoms with Crippen molar-refractivity contribution in [2.75, 3.05) is 50.3 Å². The van der Waals surface area contributed by atoms with E-state index in [-0.39, 0.29) is 10.8 Å². The highest BCUT2D eigenvalue weighted by molar-refractivity contribution is 6.17. The van der Waals surface area contributed by atoms with Crippen LogP contribution in [0.15, 0.2) is 156 Å². The molecule has 0 amide bonds. The molecule has 2 aliphatic heterocycles. The lowest BCUT2D eigenvalue weighted by atomic mass is 9.83. The van der Waals surface area contributed by atoms with Crippen molar-refractivity contribution in [3.63, 3.8) is 0 Å². The van der Waals surface area contributed by atoms with Gasteiger partial charge in [-0.05, 0) is 48.3 Å². The number of fused-ring (bicyclic) bond motifs is 2. The van der Waals surface area contributed by atoms with Crippen LogP contribution in [-0.4, -0.2) is 46.2 Å². The lowest BCUT2D eigenvalue weighted by Crippen LogP contribution is -2.29. The fourth-order valence-corrected chi connectivity index (χ4v) is 8.37. The van der Waals surface area contributed by atoms with E-state index >= 15 is 0 Å². The van der Waals surface area contributed by atoms with Gasteiger partial charge < -0.3 is 19.3 Å². The zero-order valence-electron chi connectivity index (χ0n) is 31.6. The lowest BCUT2D eigenvalue weighted by Gasteiger charge is -2.27. The molecule has 1 fully saturated rings. The Balaban J connectivity index is 1.41. The summed E-state index contributed by atoms with van der Waals surface area (Å²) in [5.41, 5.74) is 13.7. The number of hydrogen-bond donors (Lipinski definition) is 0. The zero-order valence-corrected chi connectivity index (χ0v) is 31.6. The zero-order chi connectivity index (χ0) is 36.3. The summed E-state index contributed by atoms with van der Waals surface area (Å²) in [6, 6.07) is 39.2. The van der Waals surface area contributed by atoms with Crippen molar-refractivity contribution in [3.05, 3.63) is 167 Å². The molecule has 266 valence electrons. The van der Waals surface area contributed by atoms with Crippen LogP contribution in [0.1, 0.15) is 51.7 Å². The van der Waals surface area contributed by atoms with Gasteiger partial charge in [-0.25, -0.2) is 0 Å². The minimum Gasteiger partial charge on any atom is -0.383 e. The Morgan fingerprint density at radius 2 is 0.923 bits per heavy atom. The van der Waals surface area contributed by atoms with Crippen LogP contribution >= 0.6 is 0 Å². The summed E-state index contributed by atoms with van der Waals surface area (Å²) in [4.78, 5) is 4.90. The predicted molar refractivity (Wildman–Crippen MR) is 218 cm³/mol. The summed E-state index contributed by atoms with van der Waals surface area (Å²) >= 11 is 0. The largest absolute Gasteiger partial charge is 0.383 e. The van der Waals surface area contributed by atoms with Crippen molar-refractivity contribution in [2.24, 2.45) is 0 Å². The molecule has 1 saturated carbocycles. The van der Waals surface area contributed by atoms with Gasteiger partial charge in [-0.2, -0.15) is 4.58 Å². The summed E-state index contributed by atoms with van der Waals surface area (Å²) in [6.45, 7) is 12.3. The van der Waals surface area contributed by atoms with E-state index in [9.17, 15) is 0 Å². The first kappa shape index (κ1) is 35.4. The van der Waals surface area contributed by atoms with E-state index in [4.69, 9.17) is 9.47 Å². The highest BCUT2D eigenvalue weighted by atomic mass is 16.5. The molecule has 0 saturated heterocycles. The number of para-hydroxylation sites is 4. The predicted octanol–water partition coefficient (Wildman–Crippen LogP) is 10.3. The summed E-state index contributed by atoms with van der Waals surface area (Å²) in [5.74, 6) is 0. The van der Waals surface area contributed by atoms with Crippen LogP contribution in [0, 0.1) is 0 Å². The van der Waals surface area contributed by atoms with Crippen LogP contribution in [-0.2, 0) is 20.3 Å². The van der Waals surface area contributed by atoms with Gasteiger partial charge in [0.25, 0.3) is 0 Å². The Morgan fingerprint density at radius 1 is 0.538 bits per heavy atom. The SMILES string of the molecule is COCCN1C(=CC=C2CC/C(=C\C=C3\N(CCOC)c4ccccc4C3(C)C)C2=[N+](c2ccccc2)c2ccccc2)C(C)(C)c2ccccc21. The van der Waals surface area contributed by atoms with Crippen LogP contribution in [0.5, 0.6) is 0 Å². The van der Waals surface area contributed by atoms with E-state index in [1.165, 1.54) is 50.8 Å². The first-order valence-corrected chi connectivity index (χ1v) is 18.6. The number of benzene rings is 4. The molecule has 3 aliphatic rings. The van der Waals surface area contributed by atoms with Crippen molar-refractivity contribution in [3.8, 4) is 0 Å². The molecule has 0 unspecified atom stereocenters. The average molecular weight is 691 g/mol. The van der Waals surface area contributed by atoms with Gasteiger partial charge in [-0.15, -0.1) is 0 Å². The molecule has 2 heterocycles. The Kier molecular flexibility index (Phi) is 10.2. The Bertz CT molecular complexity index is 1920. The highest BCUT2D eigenvalue weighted by Crippen LogP contribution is 2.49. The topological polar surface area (TPSA) is 28.0 Å². The van der Waals surface area contributed by atoms with Crippen molar-refractivity contribution < 1.29 is 9.47 Å². The normalized spacial score (nSPS) is 20.4.